The van der Waals surface area contributed by atoms with Crippen molar-refractivity contribution >= 4 is 62.3 Å². The third-order valence-corrected chi connectivity index (χ3v) is 8.40. The molecule has 0 spiro atoms. The Morgan fingerprint density at radius 1 is 0.925 bits per heavy atom. The molecule has 1 atom stereocenters. The van der Waals surface area contributed by atoms with Crippen LogP contribution in [0.4, 0.5) is 5.69 Å². The minimum absolute atomic E-state index is 0.00998. The van der Waals surface area contributed by atoms with E-state index in [1.165, 1.54) is 9.21 Å². The van der Waals surface area contributed by atoms with Crippen LogP contribution in [0.5, 0.6) is 0 Å². The molecule has 2 amide bonds. The molecule has 1 N–H and O–H groups in total. The predicted molar refractivity (Wildman–Crippen MR) is 163 cm³/mol. The molecule has 7 nitrogen and oxygen atoms in total. The molecule has 0 aromatic heterocycles. The highest BCUT2D eigenvalue weighted by atomic mass is 35.5. The molecule has 0 heterocycles. The minimum atomic E-state index is -3.64. The number of benzene rings is 3. The van der Waals surface area contributed by atoms with Crippen LogP contribution < -0.4 is 9.62 Å². The molecule has 3 aromatic rings. The number of nitrogens with one attached hydrogen (secondary N) is 1. The third-order valence-electron chi connectivity index (χ3n) is 6.26. The molecule has 0 fully saturated rings. The number of hydrogen-bond acceptors (Lipinski definition) is 4. The highest BCUT2D eigenvalue weighted by molar-refractivity contribution is 7.92. The second-order valence-corrected chi connectivity index (χ2v) is 12.4. The molecule has 0 bridgehead atoms. The van der Waals surface area contributed by atoms with E-state index >= 15 is 0 Å². The molecule has 0 radical (unpaired) electrons. The number of sulfonamides is 1. The number of likely N-dealkylation sites (N-methyl/N-ethyl adjacent to an activating group) is 1. The largest absolute Gasteiger partial charge is 0.355 e. The summed E-state index contributed by atoms with van der Waals surface area (Å²) in [6, 6.07) is 20.2. The Hall–Kier alpha value is -2.78. The van der Waals surface area contributed by atoms with Crippen LogP contribution in [0.25, 0.3) is 0 Å². The molecule has 3 aromatic carbocycles. The summed E-state index contributed by atoms with van der Waals surface area (Å²) in [5.74, 6) is -0.637. The summed E-state index contributed by atoms with van der Waals surface area (Å²) >= 11 is 19.0. The number of carbonyl (C=O) groups is 2. The van der Waals surface area contributed by atoms with Gasteiger partial charge in [-0.15, -0.1) is 0 Å². The molecule has 0 aliphatic heterocycles. The van der Waals surface area contributed by atoms with E-state index in [4.69, 9.17) is 34.8 Å². The summed E-state index contributed by atoms with van der Waals surface area (Å²) < 4.78 is 26.3. The Morgan fingerprint density at radius 3 is 2.17 bits per heavy atom. The Labute approximate surface area is 251 Å². The summed E-state index contributed by atoms with van der Waals surface area (Å²) in [7, 11) is -3.64. The summed E-state index contributed by atoms with van der Waals surface area (Å²) in [6.45, 7) is 2.26. The fourth-order valence-electron chi connectivity index (χ4n) is 4.33. The quantitative estimate of drug-likeness (QED) is 0.254. The van der Waals surface area contributed by atoms with E-state index in [0.717, 1.165) is 11.8 Å². The first kappa shape index (κ1) is 31.7. The molecular formula is C29H32Cl3N3O4S. The maximum Gasteiger partial charge on any atom is 0.243 e. The van der Waals surface area contributed by atoms with Crippen LogP contribution in [-0.4, -0.2) is 50.5 Å². The van der Waals surface area contributed by atoms with Gasteiger partial charge in [0.15, 0.2) is 0 Å². The van der Waals surface area contributed by atoms with Crippen molar-refractivity contribution in [2.75, 3.05) is 23.7 Å². The van der Waals surface area contributed by atoms with Gasteiger partial charge in [0.2, 0.25) is 21.8 Å². The van der Waals surface area contributed by atoms with E-state index in [1.54, 1.807) is 42.5 Å². The van der Waals surface area contributed by atoms with Crippen molar-refractivity contribution in [3.8, 4) is 0 Å². The van der Waals surface area contributed by atoms with Crippen LogP contribution >= 0.6 is 34.8 Å². The predicted octanol–water partition coefficient (Wildman–Crippen LogP) is 5.97. The second kappa shape index (κ2) is 14.7. The van der Waals surface area contributed by atoms with Crippen molar-refractivity contribution in [1.29, 1.82) is 0 Å². The third kappa shape index (κ3) is 8.86. The summed E-state index contributed by atoms with van der Waals surface area (Å²) in [5.41, 5.74) is 1.82. The van der Waals surface area contributed by atoms with E-state index in [0.29, 0.717) is 32.9 Å². The van der Waals surface area contributed by atoms with Crippen LogP contribution in [0.2, 0.25) is 15.1 Å². The minimum Gasteiger partial charge on any atom is -0.355 e. The molecule has 0 aliphatic carbocycles. The van der Waals surface area contributed by atoms with Gasteiger partial charge < -0.3 is 10.2 Å². The molecule has 0 unspecified atom stereocenters. The number of amides is 2. The number of halogens is 3. The van der Waals surface area contributed by atoms with Crippen LogP contribution in [0.15, 0.2) is 72.8 Å². The Morgan fingerprint density at radius 2 is 1.57 bits per heavy atom. The van der Waals surface area contributed by atoms with E-state index in [2.05, 4.69) is 5.32 Å². The van der Waals surface area contributed by atoms with Gasteiger partial charge in [-0.25, -0.2) is 8.42 Å². The van der Waals surface area contributed by atoms with Crippen LogP contribution in [-0.2, 0) is 32.6 Å². The Kier molecular flexibility index (Phi) is 11.7. The average molecular weight is 625 g/mol. The van der Waals surface area contributed by atoms with E-state index in [9.17, 15) is 18.0 Å². The van der Waals surface area contributed by atoms with Gasteiger partial charge in [-0.1, -0.05) is 77.3 Å². The molecule has 40 heavy (non-hydrogen) atoms. The maximum atomic E-state index is 13.8. The summed E-state index contributed by atoms with van der Waals surface area (Å²) in [4.78, 5) is 28.6. The standard InChI is InChI=1S/C29H32Cl3N3O4S/c1-3-33-29(37)27(18-21-10-5-4-6-11-21)34(20-24-25(31)14-8-15-26(24)32)28(36)16-9-17-35(40(2,38)39)23-13-7-12-22(30)19-23/h4-8,10-15,19,27H,3,9,16-18,20H2,1-2H3,(H,33,37)/t27-/m0/s1. The van der Waals surface area contributed by atoms with Crippen LogP contribution in [0, 0.1) is 0 Å². The van der Waals surface area contributed by atoms with Gasteiger partial charge in [-0.3, -0.25) is 13.9 Å². The Bertz CT molecular complexity index is 1400. The molecule has 0 saturated heterocycles. The van der Waals surface area contributed by atoms with Crippen molar-refractivity contribution < 1.29 is 18.0 Å². The lowest BCUT2D eigenvalue weighted by Crippen LogP contribution is -2.50. The molecule has 3 rings (SSSR count). The average Bonchev–Trinajstić information content (AvgIpc) is 2.90. The smallest absolute Gasteiger partial charge is 0.243 e. The molecule has 0 aliphatic rings. The van der Waals surface area contributed by atoms with Gasteiger partial charge in [0.25, 0.3) is 0 Å². The molecular weight excluding hydrogens is 593 g/mol. The summed E-state index contributed by atoms with van der Waals surface area (Å²) in [6.07, 6.45) is 1.57. The van der Waals surface area contributed by atoms with Crippen molar-refractivity contribution in [3.05, 3.63) is 99.0 Å². The maximum absolute atomic E-state index is 13.8. The fourth-order valence-corrected chi connectivity index (χ4v) is 5.99. The zero-order chi connectivity index (χ0) is 29.3. The number of hydrogen-bond donors (Lipinski definition) is 1. The normalized spacial score (nSPS) is 12.0. The number of carbonyl (C=O) groups excluding carboxylic acids is 2. The number of nitrogens with zero attached hydrogens (tertiary/aromatic N) is 2. The lowest BCUT2D eigenvalue weighted by Gasteiger charge is -2.32. The topological polar surface area (TPSA) is 86.8 Å². The van der Waals surface area contributed by atoms with Gasteiger partial charge in [0, 0.05) is 53.1 Å². The monoisotopic (exact) mass is 623 g/mol. The fraction of sp³-hybridized carbons (Fsp3) is 0.310. The SMILES string of the molecule is CCNC(=O)[C@H](Cc1ccccc1)N(Cc1c(Cl)cccc1Cl)C(=O)CCCN(c1cccc(Cl)c1)S(C)(=O)=O. The van der Waals surface area contributed by atoms with Gasteiger partial charge in [0.1, 0.15) is 6.04 Å². The number of anilines is 1. The first-order chi connectivity index (χ1) is 19.0. The van der Waals surface area contributed by atoms with Crippen LogP contribution in [0.1, 0.15) is 30.9 Å². The highest BCUT2D eigenvalue weighted by Crippen LogP contribution is 2.28. The first-order valence-electron chi connectivity index (χ1n) is 12.8. The van der Waals surface area contributed by atoms with Crippen LogP contribution in [0.3, 0.4) is 0 Å². The molecule has 214 valence electrons. The van der Waals surface area contributed by atoms with E-state index in [-0.39, 0.29) is 44.2 Å². The number of rotatable bonds is 13. The zero-order valence-electron chi connectivity index (χ0n) is 22.3. The molecule has 11 heteroatoms. The molecule has 0 saturated carbocycles. The van der Waals surface area contributed by atoms with E-state index < -0.39 is 16.1 Å². The van der Waals surface area contributed by atoms with Gasteiger partial charge in [-0.05, 0) is 49.2 Å². The zero-order valence-corrected chi connectivity index (χ0v) is 25.4. The summed E-state index contributed by atoms with van der Waals surface area (Å²) in [5, 5.41) is 3.99. The van der Waals surface area contributed by atoms with Gasteiger partial charge >= 0.3 is 0 Å². The highest BCUT2D eigenvalue weighted by Gasteiger charge is 2.31. The van der Waals surface area contributed by atoms with E-state index in [1.807, 2.05) is 37.3 Å². The van der Waals surface area contributed by atoms with Crippen molar-refractivity contribution in [2.45, 2.75) is 38.8 Å². The first-order valence-corrected chi connectivity index (χ1v) is 15.8. The second-order valence-electron chi connectivity index (χ2n) is 9.24. The van der Waals surface area contributed by atoms with Gasteiger partial charge in [0.05, 0.1) is 11.9 Å². The lowest BCUT2D eigenvalue weighted by molar-refractivity contribution is -0.141. The van der Waals surface area contributed by atoms with Crippen molar-refractivity contribution in [1.82, 2.24) is 10.2 Å². The Balaban J connectivity index is 1.91. The van der Waals surface area contributed by atoms with Gasteiger partial charge in [-0.2, -0.15) is 0 Å². The lowest BCUT2D eigenvalue weighted by atomic mass is 10.0. The van der Waals surface area contributed by atoms with Crippen molar-refractivity contribution in [3.63, 3.8) is 0 Å². The van der Waals surface area contributed by atoms with Crippen molar-refractivity contribution in [2.24, 2.45) is 0 Å².